The molecule has 146 valence electrons. The number of morpholine rings is 1. The van der Waals surface area contributed by atoms with Crippen molar-refractivity contribution in [2.75, 3.05) is 31.2 Å². The maximum atomic E-state index is 12.9. The van der Waals surface area contributed by atoms with Gasteiger partial charge >= 0.3 is 0 Å². The minimum Gasteiger partial charge on any atom is -0.378 e. The molecule has 1 aromatic carbocycles. The summed E-state index contributed by atoms with van der Waals surface area (Å²) in [5, 5.41) is 2.91. The fourth-order valence-corrected chi connectivity index (χ4v) is 3.54. The molecule has 0 radical (unpaired) electrons. The van der Waals surface area contributed by atoms with E-state index in [9.17, 15) is 9.59 Å². The molecule has 7 heteroatoms. The number of aromatic nitrogens is 1. The molecule has 3 heterocycles. The van der Waals surface area contributed by atoms with Crippen molar-refractivity contribution in [2.45, 2.75) is 26.1 Å². The highest BCUT2D eigenvalue weighted by Crippen LogP contribution is 2.26. The molecule has 1 atom stereocenters. The van der Waals surface area contributed by atoms with E-state index >= 15 is 0 Å². The highest BCUT2D eigenvalue weighted by molar-refractivity contribution is 5.99. The van der Waals surface area contributed by atoms with Crippen LogP contribution < -0.4 is 10.2 Å². The lowest BCUT2D eigenvalue weighted by molar-refractivity contribution is -0.125. The van der Waals surface area contributed by atoms with Gasteiger partial charge in [-0.2, -0.15) is 0 Å². The summed E-state index contributed by atoms with van der Waals surface area (Å²) >= 11 is 0. The quantitative estimate of drug-likeness (QED) is 0.853. The van der Waals surface area contributed by atoms with Gasteiger partial charge in [0.1, 0.15) is 17.6 Å². The van der Waals surface area contributed by atoms with Gasteiger partial charge in [-0.15, -0.1) is 0 Å². The standard InChI is InChI=1S/C21H24N4O3/c1-15(20(26)22-13-16-5-3-2-4-6-16)25-14-17-7-8-18(23-19(17)21(25)27)24-9-11-28-12-10-24/h2-8,15H,9-14H2,1H3,(H,22,26)/t15-/m1/s1. The first-order chi connectivity index (χ1) is 13.6. The van der Waals surface area contributed by atoms with Crippen LogP contribution >= 0.6 is 0 Å². The van der Waals surface area contributed by atoms with Crippen molar-refractivity contribution in [3.05, 3.63) is 59.3 Å². The molecule has 4 rings (SSSR count). The number of hydrogen-bond acceptors (Lipinski definition) is 5. The molecule has 1 fully saturated rings. The molecule has 1 N–H and O–H groups in total. The summed E-state index contributed by atoms with van der Waals surface area (Å²) in [7, 11) is 0. The average Bonchev–Trinajstić information content (AvgIpc) is 3.08. The Morgan fingerprint density at radius 3 is 2.68 bits per heavy atom. The van der Waals surface area contributed by atoms with Crippen LogP contribution in [-0.4, -0.2) is 54.0 Å². The monoisotopic (exact) mass is 380 g/mol. The van der Waals surface area contributed by atoms with E-state index in [1.165, 1.54) is 0 Å². The molecule has 0 bridgehead atoms. The molecule has 2 aliphatic rings. The molecule has 1 saturated heterocycles. The van der Waals surface area contributed by atoms with E-state index in [0.29, 0.717) is 32.0 Å². The number of anilines is 1. The molecule has 0 aliphatic carbocycles. The van der Waals surface area contributed by atoms with E-state index in [1.54, 1.807) is 11.8 Å². The van der Waals surface area contributed by atoms with Crippen LogP contribution in [0, 0.1) is 0 Å². The molecule has 2 aromatic rings. The van der Waals surface area contributed by atoms with Crippen molar-refractivity contribution >= 4 is 17.6 Å². The van der Waals surface area contributed by atoms with Gasteiger partial charge in [-0.05, 0) is 18.6 Å². The Kier molecular flexibility index (Phi) is 5.25. The molecule has 1 aromatic heterocycles. The predicted octanol–water partition coefficient (Wildman–Crippen LogP) is 1.58. The number of fused-ring (bicyclic) bond motifs is 1. The number of nitrogens with one attached hydrogen (secondary N) is 1. The summed E-state index contributed by atoms with van der Waals surface area (Å²) in [6.45, 7) is 5.47. The van der Waals surface area contributed by atoms with Gasteiger partial charge in [0, 0.05) is 31.7 Å². The first kappa shape index (κ1) is 18.4. The van der Waals surface area contributed by atoms with Crippen molar-refractivity contribution in [3.8, 4) is 0 Å². The van der Waals surface area contributed by atoms with Crippen LogP contribution in [0.2, 0.25) is 0 Å². The van der Waals surface area contributed by atoms with Crippen molar-refractivity contribution in [1.29, 1.82) is 0 Å². The molecule has 2 aliphatic heterocycles. The highest BCUT2D eigenvalue weighted by Gasteiger charge is 2.35. The Morgan fingerprint density at radius 1 is 1.18 bits per heavy atom. The molecular weight excluding hydrogens is 356 g/mol. The van der Waals surface area contributed by atoms with Crippen LogP contribution in [0.15, 0.2) is 42.5 Å². The van der Waals surface area contributed by atoms with Gasteiger partial charge in [0.2, 0.25) is 5.91 Å². The van der Waals surface area contributed by atoms with Gasteiger partial charge in [0.05, 0.1) is 13.2 Å². The minimum absolute atomic E-state index is 0.168. The van der Waals surface area contributed by atoms with E-state index in [4.69, 9.17) is 4.74 Å². The van der Waals surface area contributed by atoms with Crippen LogP contribution in [0.1, 0.15) is 28.5 Å². The molecule has 0 spiro atoms. The lowest BCUT2D eigenvalue weighted by Gasteiger charge is -2.27. The van der Waals surface area contributed by atoms with E-state index in [2.05, 4.69) is 15.2 Å². The Labute approximate surface area is 164 Å². The normalized spacial score (nSPS) is 17.4. The Balaban J connectivity index is 1.42. The second kappa shape index (κ2) is 7.98. The zero-order chi connectivity index (χ0) is 19.5. The fourth-order valence-electron chi connectivity index (χ4n) is 3.54. The third-order valence-corrected chi connectivity index (χ3v) is 5.26. The summed E-state index contributed by atoms with van der Waals surface area (Å²) < 4.78 is 5.38. The van der Waals surface area contributed by atoms with Crippen molar-refractivity contribution in [1.82, 2.24) is 15.2 Å². The number of nitrogens with zero attached hydrogens (tertiary/aromatic N) is 3. The van der Waals surface area contributed by atoms with Crippen molar-refractivity contribution in [2.24, 2.45) is 0 Å². The van der Waals surface area contributed by atoms with Gasteiger partial charge in [-0.1, -0.05) is 36.4 Å². The number of rotatable bonds is 5. The van der Waals surface area contributed by atoms with Crippen molar-refractivity contribution < 1.29 is 14.3 Å². The third-order valence-electron chi connectivity index (χ3n) is 5.26. The third kappa shape index (κ3) is 3.71. The van der Waals surface area contributed by atoms with Gasteiger partial charge in [-0.25, -0.2) is 4.98 Å². The second-order valence-corrected chi connectivity index (χ2v) is 7.09. The summed E-state index contributed by atoms with van der Waals surface area (Å²) in [6.07, 6.45) is 0. The van der Waals surface area contributed by atoms with Gasteiger partial charge in [0.15, 0.2) is 0 Å². The van der Waals surface area contributed by atoms with Gasteiger partial charge in [0.25, 0.3) is 5.91 Å². The van der Waals surface area contributed by atoms with Crippen LogP contribution in [0.4, 0.5) is 5.82 Å². The van der Waals surface area contributed by atoms with E-state index in [0.717, 1.165) is 30.0 Å². The zero-order valence-corrected chi connectivity index (χ0v) is 15.9. The molecule has 28 heavy (non-hydrogen) atoms. The lowest BCUT2D eigenvalue weighted by Crippen LogP contribution is -2.45. The molecule has 7 nitrogen and oxygen atoms in total. The van der Waals surface area contributed by atoms with Gasteiger partial charge < -0.3 is 19.9 Å². The maximum Gasteiger partial charge on any atom is 0.273 e. The van der Waals surface area contributed by atoms with Crippen LogP contribution in [0.3, 0.4) is 0 Å². The van der Waals surface area contributed by atoms with Crippen LogP contribution in [-0.2, 0) is 22.6 Å². The first-order valence-corrected chi connectivity index (χ1v) is 9.58. The summed E-state index contributed by atoms with van der Waals surface area (Å²) in [4.78, 5) is 33.8. The van der Waals surface area contributed by atoms with Crippen molar-refractivity contribution in [3.63, 3.8) is 0 Å². The van der Waals surface area contributed by atoms with Gasteiger partial charge in [-0.3, -0.25) is 9.59 Å². The van der Waals surface area contributed by atoms with E-state index in [1.807, 2.05) is 42.5 Å². The number of benzene rings is 1. The van der Waals surface area contributed by atoms with E-state index < -0.39 is 6.04 Å². The van der Waals surface area contributed by atoms with E-state index in [-0.39, 0.29) is 11.8 Å². The smallest absolute Gasteiger partial charge is 0.273 e. The Morgan fingerprint density at radius 2 is 1.93 bits per heavy atom. The first-order valence-electron chi connectivity index (χ1n) is 9.58. The largest absolute Gasteiger partial charge is 0.378 e. The average molecular weight is 380 g/mol. The van der Waals surface area contributed by atoms with Crippen LogP contribution in [0.25, 0.3) is 0 Å². The maximum absolute atomic E-state index is 12.9. The SMILES string of the molecule is C[C@H](C(=O)NCc1ccccc1)N1Cc2ccc(N3CCOCC3)nc2C1=O. The summed E-state index contributed by atoms with van der Waals surface area (Å²) in [5.74, 6) is 0.435. The fraction of sp³-hybridized carbons (Fsp3) is 0.381. The number of ether oxygens (including phenoxy) is 1. The Hall–Kier alpha value is -2.93. The molecular formula is C21H24N4O3. The number of amides is 2. The predicted molar refractivity (Wildman–Crippen MR) is 105 cm³/mol. The number of hydrogen-bond donors (Lipinski definition) is 1. The second-order valence-electron chi connectivity index (χ2n) is 7.09. The zero-order valence-electron chi connectivity index (χ0n) is 15.9. The summed E-state index contributed by atoms with van der Waals surface area (Å²) in [6, 6.07) is 13.1. The molecule has 0 unspecified atom stereocenters. The van der Waals surface area contributed by atoms with Crippen LogP contribution in [0.5, 0.6) is 0 Å². The summed E-state index contributed by atoms with van der Waals surface area (Å²) in [5.41, 5.74) is 2.34. The minimum atomic E-state index is -0.558. The molecule has 2 amide bonds. The lowest BCUT2D eigenvalue weighted by atomic mass is 10.2. The Bertz CT molecular complexity index is 865. The molecule has 0 saturated carbocycles. The number of carbonyl (C=O) groups is 2. The highest BCUT2D eigenvalue weighted by atomic mass is 16.5. The number of carbonyl (C=O) groups excluding carboxylic acids is 2. The topological polar surface area (TPSA) is 74.8 Å². The number of pyridine rings is 1.